The number of amides is 1. The Kier molecular flexibility index (Phi) is 8.21. The monoisotopic (exact) mass is 510 g/mol. The number of hydrogen-bond acceptors (Lipinski definition) is 2. The van der Waals surface area contributed by atoms with E-state index >= 15 is 0 Å². The van der Waals surface area contributed by atoms with E-state index in [4.69, 9.17) is 0 Å². The van der Waals surface area contributed by atoms with Crippen LogP contribution in [-0.4, -0.2) is 16.2 Å². The van der Waals surface area contributed by atoms with Gasteiger partial charge in [0.25, 0.3) is 0 Å². The lowest BCUT2D eigenvalue weighted by molar-refractivity contribution is 0.267. The highest BCUT2D eigenvalue weighted by molar-refractivity contribution is 14.2. The maximum atomic E-state index is 10.9. The van der Waals surface area contributed by atoms with E-state index in [9.17, 15) is 4.79 Å². The second kappa shape index (κ2) is 7.12. The van der Waals surface area contributed by atoms with Crippen molar-refractivity contribution in [2.75, 3.05) is 5.75 Å². The van der Waals surface area contributed by atoms with Crippen molar-refractivity contribution in [2.24, 2.45) is 4.99 Å². The number of aliphatic imine (C=N–C) groups is 1. The molecule has 0 aromatic rings. The van der Waals surface area contributed by atoms with E-state index in [0.29, 0.717) is 3.84 Å². The van der Waals surface area contributed by atoms with Gasteiger partial charge in [0.2, 0.25) is 0 Å². The second-order valence-electron chi connectivity index (χ2n) is 1.31. The van der Waals surface area contributed by atoms with Gasteiger partial charge in [-0.05, 0) is 5.75 Å². The molecule has 0 aliphatic rings. The van der Waals surface area contributed by atoms with Crippen LogP contribution in [0.3, 0.4) is 0 Å². The van der Waals surface area contributed by atoms with Crippen LogP contribution in [0.2, 0.25) is 0 Å². The van der Waals surface area contributed by atoms with E-state index < -0.39 is 0 Å². The standard InChI is InChI=1S/C4H5I3N2OS/c1-2-11-4(10)8-3(5)9(6)7/h2H2,1H3. The maximum absolute atomic E-state index is 10.9. The Bertz CT molecular complexity index is 173. The Balaban J connectivity index is 3.97. The van der Waals surface area contributed by atoms with Gasteiger partial charge in [0.15, 0.2) is 3.84 Å². The molecule has 64 valence electrons. The molecule has 0 saturated heterocycles. The van der Waals surface area contributed by atoms with Crippen LogP contribution in [0, 0.1) is 0 Å². The lowest BCUT2D eigenvalue weighted by Crippen LogP contribution is -2.02. The van der Waals surface area contributed by atoms with Crippen LogP contribution in [-0.2, 0) is 0 Å². The smallest absolute Gasteiger partial charge is 0.259 e. The molecule has 0 spiro atoms. The predicted octanol–water partition coefficient (Wildman–Crippen LogP) is 3.65. The lowest BCUT2D eigenvalue weighted by Gasteiger charge is -2.01. The number of hydrogen-bond donors (Lipinski definition) is 0. The summed E-state index contributed by atoms with van der Waals surface area (Å²) in [6.45, 7) is 1.93. The lowest BCUT2D eigenvalue weighted by atomic mass is 11.0. The van der Waals surface area contributed by atoms with Gasteiger partial charge in [-0.15, -0.1) is 0 Å². The van der Waals surface area contributed by atoms with Crippen molar-refractivity contribution < 1.29 is 4.79 Å². The van der Waals surface area contributed by atoms with Crippen molar-refractivity contribution in [2.45, 2.75) is 6.92 Å². The van der Waals surface area contributed by atoms with Crippen molar-refractivity contribution in [1.29, 1.82) is 0 Å². The summed E-state index contributed by atoms with van der Waals surface area (Å²) >= 11 is 7.33. The molecular formula is C4H5I3N2OS. The average Bonchev–Trinajstić information content (AvgIpc) is 1.87. The Hall–Kier alpha value is 1.68. The fraction of sp³-hybridized carbons (Fsp3) is 0.500. The third-order valence-corrected chi connectivity index (χ3v) is 4.70. The van der Waals surface area contributed by atoms with Crippen molar-refractivity contribution in [3.05, 3.63) is 0 Å². The Morgan fingerprint density at radius 1 is 1.64 bits per heavy atom. The van der Waals surface area contributed by atoms with Gasteiger partial charge >= 0.3 is 5.24 Å². The van der Waals surface area contributed by atoms with Crippen LogP contribution in [0.1, 0.15) is 6.92 Å². The number of carbonyl (C=O) groups is 1. The van der Waals surface area contributed by atoms with E-state index in [0.717, 1.165) is 5.75 Å². The molecule has 0 atom stereocenters. The Morgan fingerprint density at radius 2 is 2.18 bits per heavy atom. The van der Waals surface area contributed by atoms with Crippen molar-refractivity contribution in [1.82, 2.24) is 1.33 Å². The molecule has 0 fully saturated rings. The topological polar surface area (TPSA) is 32.7 Å². The van der Waals surface area contributed by atoms with Gasteiger partial charge in [-0.2, -0.15) is 4.99 Å². The molecule has 0 N–H and O–H groups in total. The first-order valence-electron chi connectivity index (χ1n) is 2.60. The molecule has 0 radical (unpaired) electrons. The van der Waals surface area contributed by atoms with Gasteiger partial charge in [0, 0.05) is 22.6 Å². The summed E-state index contributed by atoms with van der Waals surface area (Å²) in [4.78, 5) is 14.7. The fourth-order valence-corrected chi connectivity index (χ4v) is 1.27. The number of thioether (sulfide) groups is 1. The third kappa shape index (κ3) is 6.81. The second-order valence-corrected chi connectivity index (χ2v) is 7.27. The first kappa shape index (κ1) is 12.7. The SMILES string of the molecule is CCSC(=O)N=C(I)N(I)I. The van der Waals surface area contributed by atoms with Crippen LogP contribution < -0.4 is 0 Å². The molecule has 1 amide bonds. The van der Waals surface area contributed by atoms with Gasteiger partial charge < -0.3 is 0 Å². The summed E-state index contributed by atoms with van der Waals surface area (Å²) in [5.74, 6) is 0.773. The number of halogens is 3. The summed E-state index contributed by atoms with van der Waals surface area (Å²) < 4.78 is 2.43. The Labute approximate surface area is 111 Å². The highest BCUT2D eigenvalue weighted by Crippen LogP contribution is 2.15. The molecule has 0 bridgehead atoms. The van der Waals surface area contributed by atoms with E-state index in [2.05, 4.69) is 50.7 Å². The summed E-state index contributed by atoms with van der Waals surface area (Å²) in [5.41, 5.74) is 0. The van der Waals surface area contributed by atoms with Crippen molar-refractivity contribution in [3.8, 4) is 0 Å². The molecular weight excluding hydrogens is 505 g/mol. The average molecular weight is 510 g/mol. The highest BCUT2D eigenvalue weighted by Gasteiger charge is 2.03. The third-order valence-electron chi connectivity index (χ3n) is 0.591. The van der Waals surface area contributed by atoms with Crippen LogP contribution in [0.4, 0.5) is 4.79 Å². The van der Waals surface area contributed by atoms with Gasteiger partial charge in [-0.3, -0.25) is 4.79 Å². The highest BCUT2D eigenvalue weighted by atomic mass is 127. The summed E-state index contributed by atoms with van der Waals surface area (Å²) in [5, 5.41) is -0.129. The molecule has 0 unspecified atom stereocenters. The number of amidine groups is 1. The molecule has 0 aliphatic heterocycles. The molecule has 7 heteroatoms. The fourth-order valence-electron chi connectivity index (χ4n) is 0.269. The maximum Gasteiger partial charge on any atom is 0.307 e. The summed E-state index contributed by atoms with van der Waals surface area (Å²) in [6, 6.07) is 0. The van der Waals surface area contributed by atoms with Gasteiger partial charge in [0.05, 0.1) is 45.7 Å². The van der Waals surface area contributed by atoms with E-state index in [1.165, 1.54) is 11.8 Å². The zero-order chi connectivity index (χ0) is 8.85. The first-order valence-corrected chi connectivity index (χ1v) is 6.60. The minimum absolute atomic E-state index is 0.129. The molecule has 0 saturated carbocycles. The molecule has 11 heavy (non-hydrogen) atoms. The van der Waals surface area contributed by atoms with Crippen LogP contribution >= 0.6 is 80.1 Å². The molecule has 0 aromatic carbocycles. The molecule has 0 rings (SSSR count). The molecule has 0 aliphatic carbocycles. The van der Waals surface area contributed by atoms with E-state index in [1.54, 1.807) is 1.33 Å². The van der Waals surface area contributed by atoms with Gasteiger partial charge in [0.1, 0.15) is 0 Å². The zero-order valence-electron chi connectivity index (χ0n) is 5.55. The van der Waals surface area contributed by atoms with Crippen molar-refractivity contribution >= 4 is 89.2 Å². The Morgan fingerprint density at radius 3 is 2.55 bits per heavy atom. The molecule has 3 nitrogen and oxygen atoms in total. The van der Waals surface area contributed by atoms with Gasteiger partial charge in [-0.25, -0.2) is 1.33 Å². The summed E-state index contributed by atoms with van der Waals surface area (Å²) in [7, 11) is 0. The normalized spacial score (nSPS) is 11.5. The van der Waals surface area contributed by atoms with Gasteiger partial charge in [-0.1, -0.05) is 18.7 Å². The number of rotatable bonds is 1. The quantitative estimate of drug-likeness (QED) is 0.178. The number of nitrogens with zero attached hydrogens (tertiary/aromatic N) is 2. The molecule has 0 heterocycles. The largest absolute Gasteiger partial charge is 0.307 e. The minimum atomic E-state index is -0.129. The van der Waals surface area contributed by atoms with Crippen LogP contribution in [0.5, 0.6) is 0 Å². The van der Waals surface area contributed by atoms with Crippen LogP contribution in [0.15, 0.2) is 4.99 Å². The van der Waals surface area contributed by atoms with Crippen LogP contribution in [0.25, 0.3) is 0 Å². The zero-order valence-corrected chi connectivity index (χ0v) is 12.8. The first-order chi connectivity index (χ1) is 5.07. The number of carbonyl (C=O) groups excluding carboxylic acids is 1. The minimum Gasteiger partial charge on any atom is -0.259 e. The van der Waals surface area contributed by atoms with Crippen molar-refractivity contribution in [3.63, 3.8) is 0 Å². The summed E-state index contributed by atoms with van der Waals surface area (Å²) in [6.07, 6.45) is 0. The predicted molar refractivity (Wildman–Crippen MR) is 74.9 cm³/mol. The molecule has 0 aromatic heterocycles. The van der Waals surface area contributed by atoms with E-state index in [1.807, 2.05) is 29.5 Å². The van der Waals surface area contributed by atoms with E-state index in [-0.39, 0.29) is 5.24 Å².